The van der Waals surface area contributed by atoms with Crippen molar-refractivity contribution >= 4 is 34.9 Å². The molecule has 2 N–H and O–H groups in total. The van der Waals surface area contributed by atoms with Crippen molar-refractivity contribution in [3.63, 3.8) is 0 Å². The van der Waals surface area contributed by atoms with Gasteiger partial charge >= 0.3 is 6.18 Å². The van der Waals surface area contributed by atoms with Gasteiger partial charge in [-0.25, -0.2) is 4.68 Å². The van der Waals surface area contributed by atoms with Gasteiger partial charge in [0.25, 0.3) is 5.91 Å². The van der Waals surface area contributed by atoms with E-state index in [1.165, 1.54) is 34.0 Å². The standard InChI is InChI=1S/C16H12ClF3N4O2/c17-7-13(25)23-5-4-12(24-15(23)11(8-22-24)14(21)26)9-2-1-3-10(6-9)16(18,19)20/h1-4,6,8H,5,7H2,(H2,21,26). The Morgan fingerprint density at radius 2 is 2.04 bits per heavy atom. The summed E-state index contributed by atoms with van der Waals surface area (Å²) in [7, 11) is 0. The van der Waals surface area contributed by atoms with Crippen molar-refractivity contribution in [2.75, 3.05) is 17.3 Å². The van der Waals surface area contributed by atoms with Gasteiger partial charge in [0.05, 0.1) is 17.5 Å². The highest BCUT2D eigenvalue weighted by molar-refractivity contribution is 6.29. The molecule has 1 aromatic carbocycles. The van der Waals surface area contributed by atoms with E-state index in [0.29, 0.717) is 5.70 Å². The minimum atomic E-state index is -4.50. The number of rotatable bonds is 3. The molecule has 0 fully saturated rings. The average molecular weight is 385 g/mol. The highest BCUT2D eigenvalue weighted by Crippen LogP contribution is 2.34. The lowest BCUT2D eigenvalue weighted by molar-refractivity contribution is -0.137. The molecule has 0 spiro atoms. The van der Waals surface area contributed by atoms with Crippen molar-refractivity contribution in [1.82, 2.24) is 9.78 Å². The van der Waals surface area contributed by atoms with Crippen LogP contribution in [0.3, 0.4) is 0 Å². The van der Waals surface area contributed by atoms with Crippen LogP contribution in [0, 0.1) is 0 Å². The number of amides is 2. The Labute approximate surface area is 150 Å². The molecule has 2 amide bonds. The van der Waals surface area contributed by atoms with E-state index in [9.17, 15) is 22.8 Å². The molecule has 2 aromatic rings. The molecule has 0 atom stereocenters. The molecule has 2 heterocycles. The first-order valence-electron chi connectivity index (χ1n) is 7.36. The number of hydrogen-bond acceptors (Lipinski definition) is 3. The third kappa shape index (κ3) is 3.05. The van der Waals surface area contributed by atoms with E-state index in [1.807, 2.05) is 0 Å². The quantitative estimate of drug-likeness (QED) is 0.825. The molecular weight excluding hydrogens is 373 g/mol. The summed E-state index contributed by atoms with van der Waals surface area (Å²) in [5, 5.41) is 4.02. The zero-order valence-electron chi connectivity index (χ0n) is 13.1. The van der Waals surface area contributed by atoms with E-state index in [1.54, 1.807) is 0 Å². The predicted octanol–water partition coefficient (Wildman–Crippen LogP) is 2.48. The fourth-order valence-corrected chi connectivity index (χ4v) is 2.83. The van der Waals surface area contributed by atoms with E-state index in [4.69, 9.17) is 17.3 Å². The molecule has 1 aromatic heterocycles. The van der Waals surface area contributed by atoms with Crippen LogP contribution in [0.1, 0.15) is 21.5 Å². The Kier molecular flexibility index (Phi) is 4.49. The number of aromatic nitrogens is 2. The van der Waals surface area contributed by atoms with Gasteiger partial charge in [-0.2, -0.15) is 18.3 Å². The van der Waals surface area contributed by atoms with E-state index in [2.05, 4.69) is 5.10 Å². The number of alkyl halides is 4. The van der Waals surface area contributed by atoms with Crippen LogP contribution in [0.4, 0.5) is 19.0 Å². The van der Waals surface area contributed by atoms with Gasteiger partial charge < -0.3 is 5.73 Å². The second kappa shape index (κ2) is 6.49. The summed E-state index contributed by atoms with van der Waals surface area (Å²) in [5.41, 5.74) is 5.01. The number of carbonyl (C=O) groups excluding carboxylic acids is 2. The van der Waals surface area contributed by atoms with Crippen LogP contribution in [0.25, 0.3) is 5.70 Å². The maximum Gasteiger partial charge on any atom is 0.416 e. The molecule has 0 bridgehead atoms. The Balaban J connectivity index is 2.14. The number of halogens is 4. The number of nitrogens with zero attached hydrogens (tertiary/aromatic N) is 3. The molecule has 0 unspecified atom stereocenters. The van der Waals surface area contributed by atoms with E-state index in [0.717, 1.165) is 12.1 Å². The molecule has 0 aliphatic carbocycles. The monoisotopic (exact) mass is 384 g/mol. The Hall–Kier alpha value is -2.81. The van der Waals surface area contributed by atoms with Gasteiger partial charge in [-0.15, -0.1) is 11.6 Å². The Bertz CT molecular complexity index is 920. The molecule has 6 nitrogen and oxygen atoms in total. The third-order valence-corrected chi connectivity index (χ3v) is 4.09. The van der Waals surface area contributed by atoms with Gasteiger partial charge in [0.1, 0.15) is 11.4 Å². The molecule has 26 heavy (non-hydrogen) atoms. The lowest BCUT2D eigenvalue weighted by atomic mass is 10.1. The van der Waals surface area contributed by atoms with Crippen LogP contribution in [-0.4, -0.2) is 34.0 Å². The zero-order valence-corrected chi connectivity index (χ0v) is 13.9. The number of primary amides is 1. The minimum absolute atomic E-state index is 0.0170. The largest absolute Gasteiger partial charge is 0.416 e. The van der Waals surface area contributed by atoms with Gasteiger partial charge in [-0.1, -0.05) is 12.1 Å². The minimum Gasteiger partial charge on any atom is -0.365 e. The van der Waals surface area contributed by atoms with Gasteiger partial charge in [-0.05, 0) is 18.2 Å². The molecule has 136 valence electrons. The Morgan fingerprint density at radius 3 is 2.65 bits per heavy atom. The average Bonchev–Trinajstić information content (AvgIpc) is 3.05. The lowest BCUT2D eigenvalue weighted by Gasteiger charge is -2.28. The van der Waals surface area contributed by atoms with Crippen LogP contribution >= 0.6 is 11.6 Å². The SMILES string of the molecule is NC(=O)c1cnn2c1N(C(=O)CCl)CC=C2c1cccc(C(F)(F)F)c1. The van der Waals surface area contributed by atoms with Crippen LogP contribution in [0.2, 0.25) is 0 Å². The molecule has 0 saturated heterocycles. The van der Waals surface area contributed by atoms with Crippen molar-refractivity contribution in [3.05, 3.63) is 53.2 Å². The van der Waals surface area contributed by atoms with Crippen LogP contribution in [0.5, 0.6) is 0 Å². The normalized spacial score (nSPS) is 14.0. The number of hydrogen-bond donors (Lipinski definition) is 1. The highest BCUT2D eigenvalue weighted by Gasteiger charge is 2.33. The van der Waals surface area contributed by atoms with Gasteiger partial charge in [0.15, 0.2) is 5.82 Å². The van der Waals surface area contributed by atoms with Gasteiger partial charge in [0.2, 0.25) is 5.91 Å². The second-order valence-corrected chi connectivity index (χ2v) is 5.73. The molecular formula is C16H12ClF3N4O2. The summed E-state index contributed by atoms with van der Waals surface area (Å²) in [4.78, 5) is 24.9. The fraction of sp³-hybridized carbons (Fsp3) is 0.188. The van der Waals surface area contributed by atoms with Crippen molar-refractivity contribution in [2.24, 2.45) is 5.73 Å². The zero-order chi connectivity index (χ0) is 19.1. The topological polar surface area (TPSA) is 81.2 Å². The summed E-state index contributed by atoms with van der Waals surface area (Å²) in [6, 6.07) is 4.68. The van der Waals surface area contributed by atoms with E-state index < -0.39 is 23.6 Å². The molecule has 3 rings (SSSR count). The summed E-state index contributed by atoms with van der Waals surface area (Å²) in [5.74, 6) is -1.56. The summed E-state index contributed by atoms with van der Waals surface area (Å²) < 4.78 is 40.2. The lowest BCUT2D eigenvalue weighted by Crippen LogP contribution is -2.38. The number of benzene rings is 1. The Morgan fingerprint density at radius 1 is 1.31 bits per heavy atom. The van der Waals surface area contributed by atoms with Crippen LogP contribution < -0.4 is 10.6 Å². The van der Waals surface area contributed by atoms with Crippen molar-refractivity contribution < 1.29 is 22.8 Å². The molecule has 0 saturated carbocycles. The van der Waals surface area contributed by atoms with E-state index >= 15 is 0 Å². The summed E-state index contributed by atoms with van der Waals surface area (Å²) >= 11 is 5.59. The molecule has 1 aliphatic heterocycles. The first kappa shape index (κ1) is 18.0. The number of anilines is 1. The van der Waals surface area contributed by atoms with E-state index in [-0.39, 0.29) is 29.4 Å². The third-order valence-electron chi connectivity index (χ3n) is 3.86. The maximum atomic E-state index is 13.0. The van der Waals surface area contributed by atoms with Gasteiger partial charge in [0, 0.05) is 12.1 Å². The molecule has 10 heteroatoms. The fourth-order valence-electron chi connectivity index (χ4n) is 2.69. The highest BCUT2D eigenvalue weighted by atomic mass is 35.5. The number of carbonyl (C=O) groups is 2. The van der Waals surface area contributed by atoms with Crippen molar-refractivity contribution in [2.45, 2.75) is 6.18 Å². The first-order valence-corrected chi connectivity index (χ1v) is 7.90. The van der Waals surface area contributed by atoms with Gasteiger partial charge in [-0.3, -0.25) is 14.5 Å². The van der Waals surface area contributed by atoms with Crippen LogP contribution in [0.15, 0.2) is 36.5 Å². The van der Waals surface area contributed by atoms with Crippen LogP contribution in [-0.2, 0) is 11.0 Å². The number of nitrogens with two attached hydrogens (primary N) is 1. The molecule has 1 aliphatic rings. The summed E-state index contributed by atoms with van der Waals surface area (Å²) in [6.07, 6.45) is -1.80. The van der Waals surface area contributed by atoms with Crippen molar-refractivity contribution in [3.8, 4) is 0 Å². The molecule has 0 radical (unpaired) electrons. The second-order valence-electron chi connectivity index (χ2n) is 5.46. The summed E-state index contributed by atoms with van der Waals surface area (Å²) in [6.45, 7) is 0.0170. The van der Waals surface area contributed by atoms with Crippen molar-refractivity contribution in [1.29, 1.82) is 0 Å². The predicted molar refractivity (Wildman–Crippen MR) is 88.6 cm³/mol. The maximum absolute atomic E-state index is 13.0. The number of fused-ring (bicyclic) bond motifs is 1. The first-order chi connectivity index (χ1) is 12.2. The smallest absolute Gasteiger partial charge is 0.365 e.